The molecule has 0 radical (unpaired) electrons. The van der Waals surface area contributed by atoms with Crippen LogP contribution in [0.15, 0.2) is 60.8 Å². The van der Waals surface area contributed by atoms with Crippen LogP contribution in [0.1, 0.15) is 0 Å². The molecule has 0 saturated carbocycles. The molecular weight excluding hydrogens is 390 g/mol. The number of rotatable bonds is 9. The lowest BCUT2D eigenvalue weighted by Gasteiger charge is -2.16. The van der Waals surface area contributed by atoms with Gasteiger partial charge < -0.3 is 25.4 Å². The van der Waals surface area contributed by atoms with Gasteiger partial charge in [-0.05, 0) is 68.7 Å². The summed E-state index contributed by atoms with van der Waals surface area (Å²) in [5, 5.41) is 16.9. The second-order valence-corrected chi connectivity index (χ2v) is 7.21. The van der Waals surface area contributed by atoms with Crippen LogP contribution in [0.25, 0.3) is 0 Å². The summed E-state index contributed by atoms with van der Waals surface area (Å²) < 4.78 is 5.61. The van der Waals surface area contributed by atoms with Crippen LogP contribution < -0.4 is 15.4 Å². The highest BCUT2D eigenvalue weighted by Gasteiger charge is 2.07. The number of aliphatic hydroxyl groups is 1. The molecule has 0 saturated heterocycles. The average molecular weight is 414 g/mol. The Hall–Kier alpha value is -2.87. The Morgan fingerprint density at radius 1 is 1.00 bits per heavy atom. The number of nitrogens with one attached hydrogen (secondary N) is 2. The molecule has 3 aromatic rings. The summed E-state index contributed by atoms with van der Waals surface area (Å²) in [5.41, 5.74) is 1.71. The molecule has 0 amide bonds. The second-order valence-electron chi connectivity index (χ2n) is 6.77. The largest absolute Gasteiger partial charge is 0.491 e. The Morgan fingerprint density at radius 2 is 1.66 bits per heavy atom. The molecule has 0 aliphatic rings. The van der Waals surface area contributed by atoms with Crippen molar-refractivity contribution < 1.29 is 9.84 Å². The van der Waals surface area contributed by atoms with Gasteiger partial charge in [0.05, 0.1) is 0 Å². The van der Waals surface area contributed by atoms with E-state index in [2.05, 4.69) is 20.6 Å². The quantitative estimate of drug-likeness (QED) is 0.490. The lowest BCUT2D eigenvalue weighted by molar-refractivity contribution is 0.0831. The number of hydrogen-bond donors (Lipinski definition) is 3. The number of likely N-dealkylation sites (N-methyl/N-ethyl adjacent to an activating group) is 1. The fourth-order valence-corrected chi connectivity index (χ4v) is 2.73. The monoisotopic (exact) mass is 413 g/mol. The third-order valence-corrected chi connectivity index (χ3v) is 4.15. The molecule has 3 N–H and O–H groups in total. The lowest BCUT2D eigenvalue weighted by atomic mass is 10.3. The fraction of sp³-hybridized carbons (Fsp3) is 0.238. The molecule has 7 nitrogen and oxygen atoms in total. The number of anilines is 4. The molecule has 29 heavy (non-hydrogen) atoms. The Labute approximate surface area is 175 Å². The molecular formula is C21H24ClN5O2. The summed E-state index contributed by atoms with van der Waals surface area (Å²) in [4.78, 5) is 10.6. The van der Waals surface area contributed by atoms with Crippen molar-refractivity contribution in [3.8, 4) is 5.75 Å². The van der Waals surface area contributed by atoms with E-state index in [1.807, 2.05) is 67.5 Å². The van der Waals surface area contributed by atoms with E-state index in [-0.39, 0.29) is 6.61 Å². The summed E-state index contributed by atoms with van der Waals surface area (Å²) in [5.74, 6) is 1.83. The van der Waals surface area contributed by atoms with Crippen molar-refractivity contribution in [1.29, 1.82) is 0 Å². The summed E-state index contributed by atoms with van der Waals surface area (Å²) >= 11 is 5.91. The molecule has 3 rings (SSSR count). The van der Waals surface area contributed by atoms with Gasteiger partial charge >= 0.3 is 0 Å². The Balaban J connectivity index is 1.56. The molecule has 152 valence electrons. The zero-order chi connectivity index (χ0) is 20.6. The normalized spacial score (nSPS) is 11.9. The van der Waals surface area contributed by atoms with Crippen LogP contribution in [0.2, 0.25) is 5.02 Å². The van der Waals surface area contributed by atoms with Crippen LogP contribution >= 0.6 is 11.6 Å². The highest BCUT2D eigenvalue weighted by molar-refractivity contribution is 6.30. The van der Waals surface area contributed by atoms with E-state index in [0.29, 0.717) is 29.1 Å². The van der Waals surface area contributed by atoms with E-state index >= 15 is 0 Å². The van der Waals surface area contributed by atoms with E-state index in [1.54, 1.807) is 12.3 Å². The van der Waals surface area contributed by atoms with Gasteiger partial charge in [-0.2, -0.15) is 4.98 Å². The van der Waals surface area contributed by atoms with E-state index in [4.69, 9.17) is 16.3 Å². The fourth-order valence-electron chi connectivity index (χ4n) is 2.60. The van der Waals surface area contributed by atoms with Crippen LogP contribution in [-0.2, 0) is 0 Å². The molecule has 1 atom stereocenters. The first-order valence-electron chi connectivity index (χ1n) is 9.16. The SMILES string of the molecule is CN(C)CC(O)COc1ccc(Nc2nccc(Nc3ccc(Cl)cc3)n2)cc1. The second kappa shape index (κ2) is 10.1. The van der Waals surface area contributed by atoms with E-state index in [9.17, 15) is 5.11 Å². The third-order valence-electron chi connectivity index (χ3n) is 3.90. The van der Waals surface area contributed by atoms with Crippen LogP contribution in [0.5, 0.6) is 5.75 Å². The maximum atomic E-state index is 9.87. The Kier molecular flexibility index (Phi) is 7.24. The number of nitrogens with zero attached hydrogens (tertiary/aromatic N) is 3. The van der Waals surface area contributed by atoms with Gasteiger partial charge in [0.1, 0.15) is 24.3 Å². The zero-order valence-corrected chi connectivity index (χ0v) is 17.1. The van der Waals surface area contributed by atoms with E-state index in [1.165, 1.54) is 0 Å². The van der Waals surface area contributed by atoms with Gasteiger partial charge in [0.25, 0.3) is 0 Å². The Morgan fingerprint density at radius 3 is 2.34 bits per heavy atom. The van der Waals surface area contributed by atoms with Gasteiger partial charge in [0.15, 0.2) is 0 Å². The van der Waals surface area contributed by atoms with Crippen molar-refractivity contribution in [3.05, 3.63) is 65.8 Å². The number of benzene rings is 2. The molecule has 0 fully saturated rings. The van der Waals surface area contributed by atoms with Crippen molar-refractivity contribution in [1.82, 2.24) is 14.9 Å². The minimum atomic E-state index is -0.535. The molecule has 2 aromatic carbocycles. The average Bonchev–Trinajstić information content (AvgIpc) is 2.69. The molecule has 0 aliphatic carbocycles. The molecule has 1 unspecified atom stereocenters. The van der Waals surface area contributed by atoms with Gasteiger partial charge in [-0.25, -0.2) is 4.98 Å². The van der Waals surface area contributed by atoms with Gasteiger partial charge in [0.2, 0.25) is 5.95 Å². The number of hydrogen-bond acceptors (Lipinski definition) is 7. The standard InChI is InChI=1S/C21H24ClN5O2/c1-27(2)13-18(28)14-29-19-9-7-17(8-10-19)25-21-23-12-11-20(26-21)24-16-5-3-15(22)4-6-16/h3-12,18,28H,13-14H2,1-2H3,(H2,23,24,25,26). The van der Waals surface area contributed by atoms with Crippen LogP contribution in [-0.4, -0.2) is 53.3 Å². The van der Waals surface area contributed by atoms with E-state index in [0.717, 1.165) is 11.4 Å². The first-order valence-corrected chi connectivity index (χ1v) is 9.54. The van der Waals surface area contributed by atoms with Crippen molar-refractivity contribution in [2.75, 3.05) is 37.9 Å². The zero-order valence-electron chi connectivity index (χ0n) is 16.3. The van der Waals surface area contributed by atoms with Crippen molar-refractivity contribution in [3.63, 3.8) is 0 Å². The van der Waals surface area contributed by atoms with Gasteiger partial charge in [-0.3, -0.25) is 0 Å². The number of halogens is 1. The van der Waals surface area contributed by atoms with Gasteiger partial charge in [-0.15, -0.1) is 0 Å². The maximum absolute atomic E-state index is 9.87. The highest BCUT2D eigenvalue weighted by Crippen LogP contribution is 2.21. The summed E-state index contributed by atoms with van der Waals surface area (Å²) in [6.45, 7) is 0.795. The lowest BCUT2D eigenvalue weighted by Crippen LogP contribution is -2.30. The molecule has 0 spiro atoms. The van der Waals surface area contributed by atoms with Crippen LogP contribution in [0.4, 0.5) is 23.1 Å². The van der Waals surface area contributed by atoms with Crippen molar-refractivity contribution in [2.24, 2.45) is 0 Å². The van der Waals surface area contributed by atoms with Crippen LogP contribution in [0, 0.1) is 0 Å². The predicted octanol–water partition coefficient (Wildman–Crippen LogP) is 3.92. The summed E-state index contributed by atoms with van der Waals surface area (Å²) in [6.07, 6.45) is 1.14. The molecule has 1 heterocycles. The number of ether oxygens (including phenoxy) is 1. The van der Waals surface area contributed by atoms with Gasteiger partial charge in [-0.1, -0.05) is 11.6 Å². The molecule has 8 heteroatoms. The van der Waals surface area contributed by atoms with Gasteiger partial charge in [0, 0.05) is 29.1 Å². The number of aromatic nitrogens is 2. The molecule has 0 aliphatic heterocycles. The van der Waals surface area contributed by atoms with Crippen molar-refractivity contribution >= 4 is 34.7 Å². The molecule has 1 aromatic heterocycles. The predicted molar refractivity (Wildman–Crippen MR) is 117 cm³/mol. The van der Waals surface area contributed by atoms with Crippen molar-refractivity contribution in [2.45, 2.75) is 6.10 Å². The highest BCUT2D eigenvalue weighted by atomic mass is 35.5. The minimum absolute atomic E-state index is 0.243. The maximum Gasteiger partial charge on any atom is 0.229 e. The topological polar surface area (TPSA) is 82.5 Å². The van der Waals surface area contributed by atoms with E-state index < -0.39 is 6.10 Å². The minimum Gasteiger partial charge on any atom is -0.491 e. The van der Waals surface area contributed by atoms with Crippen LogP contribution in [0.3, 0.4) is 0 Å². The molecule has 0 bridgehead atoms. The summed E-state index contributed by atoms with van der Waals surface area (Å²) in [6, 6.07) is 16.6. The number of aliphatic hydroxyl groups excluding tert-OH is 1. The third kappa shape index (κ3) is 6.90. The smallest absolute Gasteiger partial charge is 0.229 e. The summed E-state index contributed by atoms with van der Waals surface area (Å²) in [7, 11) is 3.82. The Bertz CT molecular complexity index is 904. The first kappa shape index (κ1) is 20.9. The first-order chi connectivity index (χ1) is 14.0.